The van der Waals surface area contributed by atoms with Crippen molar-refractivity contribution in [1.29, 1.82) is 0 Å². The van der Waals surface area contributed by atoms with E-state index < -0.39 is 0 Å². The van der Waals surface area contributed by atoms with Crippen LogP contribution in [0.1, 0.15) is 11.1 Å². The smallest absolute Gasteiger partial charge is 0.126 e. The van der Waals surface area contributed by atoms with Crippen LogP contribution in [0.5, 0.6) is 0 Å². The van der Waals surface area contributed by atoms with E-state index in [2.05, 4.69) is 0 Å². The average molecular weight is 215 g/mol. The topological polar surface area (TPSA) is 26.0 Å². The third kappa shape index (κ3) is 1.97. The van der Waals surface area contributed by atoms with Crippen LogP contribution in [0.25, 0.3) is 11.1 Å². The van der Waals surface area contributed by atoms with Gasteiger partial charge in [0.05, 0.1) is 0 Å². The first-order chi connectivity index (χ1) is 7.72. The van der Waals surface area contributed by atoms with Gasteiger partial charge in [0.2, 0.25) is 0 Å². The maximum atomic E-state index is 13.5. The van der Waals surface area contributed by atoms with E-state index in [9.17, 15) is 4.39 Å². The second-order valence-electron chi connectivity index (χ2n) is 3.83. The first kappa shape index (κ1) is 10.8. The third-order valence-electron chi connectivity index (χ3n) is 2.72. The highest BCUT2D eigenvalue weighted by molar-refractivity contribution is 5.67. The number of nitrogens with two attached hydrogens (primary N) is 1. The van der Waals surface area contributed by atoms with Crippen molar-refractivity contribution in [3.8, 4) is 11.1 Å². The predicted molar refractivity (Wildman–Crippen MR) is 64.5 cm³/mol. The highest BCUT2D eigenvalue weighted by atomic mass is 19.1. The summed E-state index contributed by atoms with van der Waals surface area (Å²) in [6.45, 7) is 2.22. The molecule has 0 atom stereocenters. The lowest BCUT2D eigenvalue weighted by Crippen LogP contribution is -1.98. The summed E-state index contributed by atoms with van der Waals surface area (Å²) in [5.41, 5.74) is 9.24. The van der Waals surface area contributed by atoms with Gasteiger partial charge >= 0.3 is 0 Å². The average Bonchev–Trinajstić information content (AvgIpc) is 2.32. The Balaban J connectivity index is 2.54. The number of hydrogen-bond acceptors (Lipinski definition) is 1. The summed E-state index contributed by atoms with van der Waals surface area (Å²) in [5.74, 6) is -0.177. The summed E-state index contributed by atoms with van der Waals surface area (Å²) in [5, 5.41) is 0. The van der Waals surface area contributed by atoms with E-state index in [1.165, 1.54) is 0 Å². The summed E-state index contributed by atoms with van der Waals surface area (Å²) in [6, 6.07) is 13.1. The number of halogens is 1. The molecule has 0 saturated carbocycles. The molecule has 2 aromatic rings. The molecule has 0 aliphatic heterocycles. The first-order valence-electron chi connectivity index (χ1n) is 5.27. The van der Waals surface area contributed by atoms with Crippen molar-refractivity contribution in [2.75, 3.05) is 0 Å². The van der Waals surface area contributed by atoms with Gasteiger partial charge in [0.25, 0.3) is 0 Å². The van der Waals surface area contributed by atoms with Gasteiger partial charge in [0, 0.05) is 6.54 Å². The Morgan fingerprint density at radius 2 is 1.88 bits per heavy atom. The van der Waals surface area contributed by atoms with Crippen molar-refractivity contribution in [1.82, 2.24) is 0 Å². The lowest BCUT2D eigenvalue weighted by Gasteiger charge is -2.08. The molecule has 0 aliphatic carbocycles. The van der Waals surface area contributed by atoms with Gasteiger partial charge in [-0.25, -0.2) is 4.39 Å². The largest absolute Gasteiger partial charge is 0.326 e. The number of rotatable bonds is 2. The number of aryl methyl sites for hydroxylation is 1. The van der Waals surface area contributed by atoms with Gasteiger partial charge in [-0.05, 0) is 35.2 Å². The Bertz CT molecular complexity index is 506. The summed E-state index contributed by atoms with van der Waals surface area (Å²) in [7, 11) is 0. The summed E-state index contributed by atoms with van der Waals surface area (Å²) < 4.78 is 13.5. The Kier molecular flexibility index (Phi) is 3.02. The van der Waals surface area contributed by atoms with E-state index >= 15 is 0 Å². The Labute approximate surface area is 94.7 Å². The fourth-order valence-electron chi connectivity index (χ4n) is 1.74. The quantitative estimate of drug-likeness (QED) is 0.817. The van der Waals surface area contributed by atoms with Crippen molar-refractivity contribution < 1.29 is 4.39 Å². The lowest BCUT2D eigenvalue weighted by molar-refractivity contribution is 0.619. The molecule has 0 aromatic heterocycles. The van der Waals surface area contributed by atoms with Gasteiger partial charge in [-0.3, -0.25) is 0 Å². The fourth-order valence-corrected chi connectivity index (χ4v) is 1.74. The standard InChI is InChI=1S/C14H14FN/c1-10-6-7-11(8-14(10)15)13-5-3-2-4-12(13)9-16/h2-8H,9,16H2,1H3. The van der Waals surface area contributed by atoms with Crippen LogP contribution in [-0.4, -0.2) is 0 Å². The molecule has 82 valence electrons. The zero-order chi connectivity index (χ0) is 11.5. The van der Waals surface area contributed by atoms with E-state index in [-0.39, 0.29) is 5.82 Å². The summed E-state index contributed by atoms with van der Waals surface area (Å²) >= 11 is 0. The normalized spacial score (nSPS) is 10.4. The molecule has 0 heterocycles. The molecular weight excluding hydrogens is 201 g/mol. The zero-order valence-electron chi connectivity index (χ0n) is 9.20. The maximum Gasteiger partial charge on any atom is 0.126 e. The molecule has 0 amide bonds. The Hall–Kier alpha value is -1.67. The molecule has 2 N–H and O–H groups in total. The summed E-state index contributed by atoms with van der Waals surface area (Å²) in [6.07, 6.45) is 0. The molecule has 0 spiro atoms. The fraction of sp³-hybridized carbons (Fsp3) is 0.143. The highest BCUT2D eigenvalue weighted by Gasteiger charge is 2.05. The van der Waals surface area contributed by atoms with Crippen molar-refractivity contribution in [3.63, 3.8) is 0 Å². The summed E-state index contributed by atoms with van der Waals surface area (Å²) in [4.78, 5) is 0. The minimum atomic E-state index is -0.177. The van der Waals surface area contributed by atoms with E-state index in [1.54, 1.807) is 19.1 Å². The minimum Gasteiger partial charge on any atom is -0.326 e. The molecule has 0 unspecified atom stereocenters. The minimum absolute atomic E-state index is 0.177. The number of benzene rings is 2. The monoisotopic (exact) mass is 215 g/mol. The van der Waals surface area contributed by atoms with Gasteiger partial charge in [-0.1, -0.05) is 36.4 Å². The van der Waals surface area contributed by atoms with Crippen LogP contribution in [-0.2, 0) is 6.54 Å². The van der Waals surface area contributed by atoms with Crippen LogP contribution in [0.4, 0.5) is 4.39 Å². The molecule has 0 bridgehead atoms. The molecule has 0 saturated heterocycles. The van der Waals surface area contributed by atoms with Gasteiger partial charge < -0.3 is 5.73 Å². The van der Waals surface area contributed by atoms with Crippen LogP contribution >= 0.6 is 0 Å². The molecule has 0 aliphatic rings. The van der Waals surface area contributed by atoms with E-state index in [4.69, 9.17) is 5.73 Å². The third-order valence-corrected chi connectivity index (χ3v) is 2.72. The van der Waals surface area contributed by atoms with Crippen molar-refractivity contribution in [3.05, 3.63) is 59.4 Å². The van der Waals surface area contributed by atoms with Crippen LogP contribution < -0.4 is 5.73 Å². The van der Waals surface area contributed by atoms with E-state index in [0.717, 1.165) is 16.7 Å². The van der Waals surface area contributed by atoms with E-state index in [1.807, 2.05) is 30.3 Å². The van der Waals surface area contributed by atoms with Gasteiger partial charge in [0.15, 0.2) is 0 Å². The van der Waals surface area contributed by atoms with Gasteiger partial charge in [-0.2, -0.15) is 0 Å². The molecule has 0 fully saturated rings. The van der Waals surface area contributed by atoms with Crippen LogP contribution in [0, 0.1) is 12.7 Å². The Morgan fingerprint density at radius 1 is 1.12 bits per heavy atom. The lowest BCUT2D eigenvalue weighted by atomic mass is 9.99. The number of hydrogen-bond donors (Lipinski definition) is 1. The molecule has 1 nitrogen and oxygen atoms in total. The Morgan fingerprint density at radius 3 is 2.56 bits per heavy atom. The van der Waals surface area contributed by atoms with Crippen LogP contribution in [0.3, 0.4) is 0 Å². The van der Waals surface area contributed by atoms with Crippen LogP contribution in [0.2, 0.25) is 0 Å². The van der Waals surface area contributed by atoms with Crippen molar-refractivity contribution in [2.24, 2.45) is 5.73 Å². The SMILES string of the molecule is Cc1ccc(-c2ccccc2CN)cc1F. The second kappa shape index (κ2) is 4.45. The van der Waals surface area contributed by atoms with Crippen molar-refractivity contribution in [2.45, 2.75) is 13.5 Å². The molecule has 2 aromatic carbocycles. The van der Waals surface area contributed by atoms with E-state index in [0.29, 0.717) is 12.1 Å². The molecule has 2 rings (SSSR count). The molecule has 0 radical (unpaired) electrons. The van der Waals surface area contributed by atoms with Gasteiger partial charge in [0.1, 0.15) is 5.82 Å². The zero-order valence-corrected chi connectivity index (χ0v) is 9.20. The molecule has 2 heteroatoms. The first-order valence-corrected chi connectivity index (χ1v) is 5.27. The van der Waals surface area contributed by atoms with Crippen molar-refractivity contribution >= 4 is 0 Å². The highest BCUT2D eigenvalue weighted by Crippen LogP contribution is 2.25. The predicted octanol–water partition coefficient (Wildman–Crippen LogP) is 3.26. The van der Waals surface area contributed by atoms with Gasteiger partial charge in [-0.15, -0.1) is 0 Å². The molecule has 16 heavy (non-hydrogen) atoms. The maximum absolute atomic E-state index is 13.5. The van der Waals surface area contributed by atoms with Crippen LogP contribution in [0.15, 0.2) is 42.5 Å². The molecular formula is C14H14FN. The second-order valence-corrected chi connectivity index (χ2v) is 3.83.